The first kappa shape index (κ1) is 30.7. The summed E-state index contributed by atoms with van der Waals surface area (Å²) in [5.74, 6) is 0.697. The molecule has 1 aromatic rings. The van der Waals surface area contributed by atoms with Crippen LogP contribution >= 0.6 is 11.8 Å². The minimum absolute atomic E-state index is 0.0384. The quantitative estimate of drug-likeness (QED) is 0.293. The third-order valence-corrected chi connectivity index (χ3v) is 8.28. The van der Waals surface area contributed by atoms with E-state index in [-0.39, 0.29) is 17.9 Å². The monoisotopic (exact) mass is 548 g/mol. The molecule has 3 heterocycles. The van der Waals surface area contributed by atoms with Gasteiger partial charge in [-0.2, -0.15) is 0 Å². The number of rotatable bonds is 8. The van der Waals surface area contributed by atoms with Crippen LogP contribution in [0.4, 0.5) is 4.79 Å². The molecule has 212 valence electrons. The van der Waals surface area contributed by atoms with Gasteiger partial charge in [0.25, 0.3) is 0 Å². The topological polar surface area (TPSA) is 103 Å². The van der Waals surface area contributed by atoms with E-state index in [1.54, 1.807) is 24.2 Å². The van der Waals surface area contributed by atoms with E-state index in [1.807, 2.05) is 67.2 Å². The summed E-state index contributed by atoms with van der Waals surface area (Å²) in [6, 6.07) is -0.501. The van der Waals surface area contributed by atoms with Gasteiger partial charge in [0.1, 0.15) is 11.6 Å². The molecular formula is C27H45BN4O5S. The average molecular weight is 549 g/mol. The van der Waals surface area contributed by atoms with Crippen LogP contribution in [0.15, 0.2) is 17.6 Å². The predicted octanol–water partition coefficient (Wildman–Crippen LogP) is 4.19. The van der Waals surface area contributed by atoms with E-state index in [2.05, 4.69) is 15.3 Å². The number of carbonyl (C=O) groups is 2. The Kier molecular flexibility index (Phi) is 9.79. The van der Waals surface area contributed by atoms with Crippen molar-refractivity contribution < 1.29 is 23.6 Å². The molecule has 3 rings (SSSR count). The zero-order valence-corrected chi connectivity index (χ0v) is 25.3. The van der Waals surface area contributed by atoms with Crippen LogP contribution in [0.25, 0.3) is 0 Å². The molecule has 2 saturated heterocycles. The van der Waals surface area contributed by atoms with E-state index in [1.165, 1.54) is 0 Å². The fourth-order valence-corrected chi connectivity index (χ4v) is 5.33. The maximum atomic E-state index is 13.5. The molecule has 0 radical (unpaired) electrons. The molecule has 9 nitrogen and oxygen atoms in total. The van der Waals surface area contributed by atoms with Crippen molar-refractivity contribution in [1.29, 1.82) is 0 Å². The lowest BCUT2D eigenvalue weighted by Crippen LogP contribution is -2.55. The van der Waals surface area contributed by atoms with Gasteiger partial charge in [0.05, 0.1) is 11.2 Å². The van der Waals surface area contributed by atoms with Crippen LogP contribution in [-0.4, -0.2) is 75.2 Å². The summed E-state index contributed by atoms with van der Waals surface area (Å²) >= 11 is 1.58. The molecule has 2 atom stereocenters. The molecule has 2 aliphatic heterocycles. The number of piperidine rings is 1. The minimum Gasteiger partial charge on any atom is -0.444 e. The Labute approximate surface area is 232 Å². The van der Waals surface area contributed by atoms with Crippen LogP contribution in [-0.2, 0) is 18.8 Å². The van der Waals surface area contributed by atoms with Crippen LogP contribution in [0.5, 0.6) is 0 Å². The molecule has 0 aromatic carbocycles. The number of aromatic nitrogens is 2. The Morgan fingerprint density at radius 3 is 2.32 bits per heavy atom. The fourth-order valence-electron chi connectivity index (χ4n) is 4.51. The van der Waals surface area contributed by atoms with E-state index in [0.717, 1.165) is 36.9 Å². The highest BCUT2D eigenvalue weighted by Crippen LogP contribution is 2.36. The van der Waals surface area contributed by atoms with E-state index in [0.29, 0.717) is 11.7 Å². The Hall–Kier alpha value is -1.85. The second-order valence-corrected chi connectivity index (χ2v) is 13.6. The second-order valence-electron chi connectivity index (χ2n) is 12.6. The number of thioether (sulfide) groups is 1. The molecule has 38 heavy (non-hydrogen) atoms. The first-order valence-corrected chi connectivity index (χ1v) is 14.7. The van der Waals surface area contributed by atoms with Crippen molar-refractivity contribution in [1.82, 2.24) is 20.2 Å². The maximum Gasteiger partial charge on any atom is 0.498 e. The normalized spacial score (nSPS) is 21.9. The largest absolute Gasteiger partial charge is 0.498 e. The van der Waals surface area contributed by atoms with Gasteiger partial charge < -0.3 is 24.3 Å². The number of ether oxygens (including phenoxy) is 1. The lowest BCUT2D eigenvalue weighted by atomic mass is 9.81. The van der Waals surface area contributed by atoms with Crippen molar-refractivity contribution >= 4 is 36.3 Å². The van der Waals surface area contributed by atoms with Crippen LogP contribution < -0.4 is 10.8 Å². The number of hydrogen-bond acceptors (Lipinski definition) is 8. The van der Waals surface area contributed by atoms with Gasteiger partial charge in [0.15, 0.2) is 5.16 Å². The molecule has 0 spiro atoms. The third-order valence-electron chi connectivity index (χ3n) is 7.37. The smallest absolute Gasteiger partial charge is 0.444 e. The Bertz CT molecular complexity index is 951. The van der Waals surface area contributed by atoms with Gasteiger partial charge in [0.2, 0.25) is 5.91 Å². The van der Waals surface area contributed by atoms with Gasteiger partial charge in [-0.1, -0.05) is 25.6 Å². The molecular weight excluding hydrogens is 503 g/mol. The molecule has 11 heteroatoms. The number of alkyl carbamates (subject to hydrolysis) is 1. The van der Waals surface area contributed by atoms with E-state index in [4.69, 9.17) is 14.0 Å². The lowest BCUT2D eigenvalue weighted by molar-refractivity contribution is -0.138. The van der Waals surface area contributed by atoms with Gasteiger partial charge in [0, 0.05) is 36.2 Å². The SMILES string of the molecule is CC(C)C(NC(=O)OC(C)(C)C)C(=O)N1CCCCC1CCSc1ncc(B2OC(C)(C)C(C)(C)O2)cn1. The zero-order chi connectivity index (χ0) is 28.3. The molecule has 1 aromatic heterocycles. The van der Waals surface area contributed by atoms with Gasteiger partial charge >= 0.3 is 13.2 Å². The van der Waals surface area contributed by atoms with Gasteiger partial charge in [-0.15, -0.1) is 0 Å². The molecule has 2 fully saturated rings. The van der Waals surface area contributed by atoms with E-state index < -0.39 is 36.1 Å². The third kappa shape index (κ3) is 7.85. The van der Waals surface area contributed by atoms with Crippen molar-refractivity contribution in [3.05, 3.63) is 12.4 Å². The summed E-state index contributed by atoms with van der Waals surface area (Å²) in [6.07, 6.45) is 6.81. The molecule has 1 N–H and O–H groups in total. The molecule has 0 aliphatic carbocycles. The van der Waals surface area contributed by atoms with Gasteiger partial charge in [-0.25, -0.2) is 14.8 Å². The van der Waals surface area contributed by atoms with Gasteiger partial charge in [-0.3, -0.25) is 4.79 Å². The summed E-state index contributed by atoms with van der Waals surface area (Å²) in [4.78, 5) is 36.9. The fraction of sp³-hybridized carbons (Fsp3) is 0.778. The number of carbonyl (C=O) groups excluding carboxylic acids is 2. The summed E-state index contributed by atoms with van der Waals surface area (Å²) in [5, 5.41) is 3.50. The zero-order valence-electron chi connectivity index (χ0n) is 24.5. The van der Waals surface area contributed by atoms with Crippen molar-refractivity contribution in [2.24, 2.45) is 5.92 Å². The van der Waals surface area contributed by atoms with Crippen LogP contribution in [0, 0.1) is 5.92 Å². The van der Waals surface area contributed by atoms with Crippen LogP contribution in [0.2, 0.25) is 0 Å². The Morgan fingerprint density at radius 1 is 1.16 bits per heavy atom. The minimum atomic E-state index is -0.621. The first-order valence-electron chi connectivity index (χ1n) is 13.7. The number of hydrogen-bond donors (Lipinski definition) is 1. The van der Waals surface area contributed by atoms with Gasteiger partial charge in [-0.05, 0) is 80.1 Å². The van der Waals surface area contributed by atoms with Crippen molar-refractivity contribution in [3.8, 4) is 0 Å². The van der Waals surface area contributed by atoms with Crippen LogP contribution in [0.3, 0.4) is 0 Å². The molecule has 2 amide bonds. The first-order chi connectivity index (χ1) is 17.6. The second kappa shape index (κ2) is 12.1. The highest BCUT2D eigenvalue weighted by Gasteiger charge is 2.52. The highest BCUT2D eigenvalue weighted by molar-refractivity contribution is 7.99. The standard InChI is InChI=1S/C27H45BN4O5S/c1-18(2)21(31-24(34)35-25(3,4)5)22(33)32-14-11-10-12-20(32)13-15-38-23-29-16-19(17-30-23)28-36-26(6,7)27(8,9)37-28/h16-18,20-21H,10-15H2,1-9H3,(H,31,34). The summed E-state index contributed by atoms with van der Waals surface area (Å²) in [5.41, 5.74) is -0.643. The number of amides is 2. The van der Waals surface area contributed by atoms with Crippen molar-refractivity contribution in [2.45, 2.75) is 122 Å². The molecule has 0 saturated carbocycles. The van der Waals surface area contributed by atoms with Crippen molar-refractivity contribution in [3.63, 3.8) is 0 Å². The lowest BCUT2D eigenvalue weighted by Gasteiger charge is -2.39. The average Bonchev–Trinajstić information content (AvgIpc) is 3.03. The summed E-state index contributed by atoms with van der Waals surface area (Å²) < 4.78 is 17.6. The van der Waals surface area contributed by atoms with E-state index in [9.17, 15) is 9.59 Å². The number of likely N-dealkylation sites (tertiary alicyclic amines) is 1. The Balaban J connectivity index is 1.56. The molecule has 2 aliphatic rings. The highest BCUT2D eigenvalue weighted by atomic mass is 32.2. The number of nitrogens with one attached hydrogen (secondary N) is 1. The predicted molar refractivity (Wildman–Crippen MR) is 150 cm³/mol. The van der Waals surface area contributed by atoms with Crippen molar-refractivity contribution in [2.75, 3.05) is 12.3 Å². The summed E-state index contributed by atoms with van der Waals surface area (Å²) in [7, 11) is -0.482. The van der Waals surface area contributed by atoms with E-state index >= 15 is 0 Å². The summed E-state index contributed by atoms with van der Waals surface area (Å²) in [6.45, 7) is 18.1. The Morgan fingerprint density at radius 2 is 1.76 bits per heavy atom. The van der Waals surface area contributed by atoms with Crippen LogP contribution in [0.1, 0.15) is 88.0 Å². The molecule has 0 bridgehead atoms. The maximum absolute atomic E-state index is 13.5. The molecule has 2 unspecified atom stereocenters. The number of nitrogens with zero attached hydrogens (tertiary/aromatic N) is 3.